The number of aromatic nitrogens is 2. The molecule has 1 atom stereocenters. The van der Waals surface area contributed by atoms with Crippen LogP contribution in [0.5, 0.6) is 0 Å². The number of nitrogens with two attached hydrogens (primary N) is 1. The van der Waals surface area contributed by atoms with Crippen LogP contribution in [0.4, 0.5) is 10.1 Å². The van der Waals surface area contributed by atoms with E-state index in [0.717, 1.165) is 18.5 Å². The van der Waals surface area contributed by atoms with Crippen molar-refractivity contribution in [3.05, 3.63) is 42.0 Å². The molecular weight excluding hydrogens is 289 g/mol. The van der Waals surface area contributed by atoms with Gasteiger partial charge in [-0.15, -0.1) is 0 Å². The molecule has 112 valence electrons. The van der Waals surface area contributed by atoms with Crippen LogP contribution < -0.4 is 5.73 Å². The number of anilines is 1. The third kappa shape index (κ3) is 3.15. The fraction of sp³-hybridized carbons (Fsp3) is 0.400. The number of benzene rings is 1. The smallest absolute Gasteiger partial charge is 0.125 e. The summed E-state index contributed by atoms with van der Waals surface area (Å²) in [4.78, 5) is 0.465. The second kappa shape index (κ2) is 5.97. The minimum absolute atomic E-state index is 0.226. The van der Waals surface area contributed by atoms with Gasteiger partial charge in [-0.2, -0.15) is 5.10 Å². The predicted octanol–water partition coefficient (Wildman–Crippen LogP) is 3.03. The lowest BCUT2D eigenvalue weighted by Gasteiger charge is -2.09. The number of nitrogen functional groups attached to an aromatic ring is 1. The van der Waals surface area contributed by atoms with Crippen molar-refractivity contribution in [2.75, 3.05) is 5.73 Å². The number of halogens is 1. The van der Waals surface area contributed by atoms with Crippen LogP contribution in [0.25, 0.3) is 0 Å². The van der Waals surface area contributed by atoms with Gasteiger partial charge < -0.3 is 5.73 Å². The third-order valence-corrected chi connectivity index (χ3v) is 5.28. The van der Waals surface area contributed by atoms with Crippen LogP contribution in [0.2, 0.25) is 0 Å². The molecule has 2 N–H and O–H groups in total. The molecule has 1 fully saturated rings. The first kappa shape index (κ1) is 14.3. The number of hydrogen-bond acceptors (Lipinski definition) is 3. The Morgan fingerprint density at radius 2 is 2.10 bits per heavy atom. The number of rotatable bonds is 4. The zero-order valence-electron chi connectivity index (χ0n) is 11.7. The van der Waals surface area contributed by atoms with Crippen LogP contribution in [0.1, 0.15) is 37.4 Å². The van der Waals surface area contributed by atoms with Crippen LogP contribution >= 0.6 is 0 Å². The fourth-order valence-electron chi connectivity index (χ4n) is 2.77. The summed E-state index contributed by atoms with van der Waals surface area (Å²) >= 11 is 0. The molecule has 0 aliphatic heterocycles. The van der Waals surface area contributed by atoms with Crippen molar-refractivity contribution in [1.82, 2.24) is 9.78 Å². The third-order valence-electron chi connectivity index (χ3n) is 3.86. The van der Waals surface area contributed by atoms with Crippen LogP contribution in [-0.4, -0.2) is 14.0 Å². The molecule has 3 rings (SSSR count). The second-order valence-corrected chi connectivity index (χ2v) is 6.82. The maximum Gasteiger partial charge on any atom is 0.125 e. The van der Waals surface area contributed by atoms with Gasteiger partial charge in [-0.3, -0.25) is 8.89 Å². The second-order valence-electron chi connectivity index (χ2n) is 5.40. The lowest BCUT2D eigenvalue weighted by Crippen LogP contribution is -2.07. The highest BCUT2D eigenvalue weighted by Gasteiger charge is 2.18. The van der Waals surface area contributed by atoms with Gasteiger partial charge in [0.1, 0.15) is 5.82 Å². The van der Waals surface area contributed by atoms with E-state index in [-0.39, 0.29) is 5.69 Å². The SMILES string of the molecule is Nc1cc(F)ccc1S(=O)Cc1ccn(C2CCCC2)n1. The number of hydrogen-bond donors (Lipinski definition) is 1. The average Bonchev–Trinajstić information content (AvgIpc) is 3.08. The summed E-state index contributed by atoms with van der Waals surface area (Å²) in [6.45, 7) is 0. The Bertz CT molecular complexity index is 665. The van der Waals surface area contributed by atoms with Gasteiger partial charge in [0.05, 0.1) is 38.9 Å². The topological polar surface area (TPSA) is 60.9 Å². The van der Waals surface area contributed by atoms with Crippen molar-refractivity contribution in [2.45, 2.75) is 42.4 Å². The van der Waals surface area contributed by atoms with Crippen molar-refractivity contribution in [3.63, 3.8) is 0 Å². The van der Waals surface area contributed by atoms with Gasteiger partial charge in [-0.1, -0.05) is 12.8 Å². The molecule has 0 spiro atoms. The molecule has 1 unspecified atom stereocenters. The van der Waals surface area contributed by atoms with E-state index in [1.54, 1.807) is 0 Å². The van der Waals surface area contributed by atoms with Gasteiger partial charge in [-0.05, 0) is 37.1 Å². The average molecular weight is 307 g/mol. The van der Waals surface area contributed by atoms with Crippen molar-refractivity contribution in [2.24, 2.45) is 0 Å². The minimum Gasteiger partial charge on any atom is -0.398 e. The Balaban J connectivity index is 1.72. The highest BCUT2D eigenvalue weighted by atomic mass is 32.2. The Morgan fingerprint density at radius 1 is 1.33 bits per heavy atom. The molecule has 1 aromatic heterocycles. The molecule has 0 radical (unpaired) electrons. The maximum atomic E-state index is 13.0. The fourth-order valence-corrected chi connectivity index (χ4v) is 3.88. The monoisotopic (exact) mass is 307 g/mol. The van der Waals surface area contributed by atoms with E-state index in [2.05, 4.69) is 5.10 Å². The molecule has 1 heterocycles. The van der Waals surface area contributed by atoms with E-state index in [0.29, 0.717) is 16.7 Å². The van der Waals surface area contributed by atoms with Gasteiger partial charge in [-0.25, -0.2) is 4.39 Å². The normalized spacial score (nSPS) is 17.2. The van der Waals surface area contributed by atoms with E-state index in [1.807, 2.05) is 16.9 Å². The van der Waals surface area contributed by atoms with E-state index in [4.69, 9.17) is 5.73 Å². The molecule has 6 heteroatoms. The van der Waals surface area contributed by atoms with Gasteiger partial charge in [0.25, 0.3) is 0 Å². The molecule has 1 saturated carbocycles. The summed E-state index contributed by atoms with van der Waals surface area (Å²) in [5.74, 6) is -0.117. The highest BCUT2D eigenvalue weighted by molar-refractivity contribution is 7.84. The summed E-state index contributed by atoms with van der Waals surface area (Å²) in [5, 5.41) is 4.51. The Hall–Kier alpha value is -1.69. The van der Waals surface area contributed by atoms with Crippen LogP contribution in [0.15, 0.2) is 35.4 Å². The first-order valence-corrected chi connectivity index (χ1v) is 8.43. The zero-order chi connectivity index (χ0) is 14.8. The minimum atomic E-state index is -1.31. The molecule has 0 saturated heterocycles. The molecule has 1 aromatic carbocycles. The van der Waals surface area contributed by atoms with Crippen LogP contribution in [-0.2, 0) is 16.6 Å². The predicted molar refractivity (Wildman–Crippen MR) is 80.7 cm³/mol. The molecule has 0 amide bonds. The molecule has 1 aliphatic carbocycles. The van der Waals surface area contributed by atoms with Crippen LogP contribution in [0, 0.1) is 5.82 Å². The molecule has 1 aliphatic rings. The van der Waals surface area contributed by atoms with E-state index >= 15 is 0 Å². The molecule has 2 aromatic rings. The van der Waals surface area contributed by atoms with Gasteiger partial charge in [0, 0.05) is 6.20 Å². The van der Waals surface area contributed by atoms with Gasteiger partial charge in [0.2, 0.25) is 0 Å². The molecule has 0 bridgehead atoms. The molecule has 4 nitrogen and oxygen atoms in total. The Kier molecular flexibility index (Phi) is 4.05. The van der Waals surface area contributed by atoms with Crippen LogP contribution in [0.3, 0.4) is 0 Å². The summed E-state index contributed by atoms with van der Waals surface area (Å²) in [7, 11) is -1.31. The number of nitrogens with zero attached hydrogens (tertiary/aromatic N) is 2. The Morgan fingerprint density at radius 3 is 2.81 bits per heavy atom. The van der Waals surface area contributed by atoms with Crippen molar-refractivity contribution in [1.29, 1.82) is 0 Å². The Labute approximate surface area is 125 Å². The van der Waals surface area contributed by atoms with Crippen molar-refractivity contribution >= 4 is 16.5 Å². The molecular formula is C15H18FN3OS. The standard InChI is InChI=1S/C15H18FN3OS/c16-11-5-6-15(14(17)9-11)21(20)10-12-7-8-19(18-12)13-3-1-2-4-13/h5-9,13H,1-4,10,17H2. The quantitative estimate of drug-likeness (QED) is 0.883. The van der Waals surface area contributed by atoms with Gasteiger partial charge >= 0.3 is 0 Å². The maximum absolute atomic E-state index is 13.0. The van der Waals surface area contributed by atoms with E-state index in [9.17, 15) is 8.60 Å². The molecule has 21 heavy (non-hydrogen) atoms. The zero-order valence-corrected chi connectivity index (χ0v) is 12.5. The van der Waals surface area contributed by atoms with Gasteiger partial charge in [0.15, 0.2) is 0 Å². The summed E-state index contributed by atoms with van der Waals surface area (Å²) in [6, 6.07) is 6.33. The van der Waals surface area contributed by atoms with E-state index in [1.165, 1.54) is 31.0 Å². The largest absolute Gasteiger partial charge is 0.398 e. The summed E-state index contributed by atoms with van der Waals surface area (Å²) in [6.07, 6.45) is 6.77. The summed E-state index contributed by atoms with van der Waals surface area (Å²) in [5.41, 5.74) is 6.73. The highest BCUT2D eigenvalue weighted by Crippen LogP contribution is 2.29. The van der Waals surface area contributed by atoms with Crippen molar-refractivity contribution < 1.29 is 8.60 Å². The first-order chi connectivity index (χ1) is 10.1. The van der Waals surface area contributed by atoms with Crippen molar-refractivity contribution in [3.8, 4) is 0 Å². The lowest BCUT2D eigenvalue weighted by atomic mass is 10.3. The lowest BCUT2D eigenvalue weighted by molar-refractivity contribution is 0.464. The van der Waals surface area contributed by atoms with E-state index < -0.39 is 16.6 Å². The summed E-state index contributed by atoms with van der Waals surface area (Å²) < 4.78 is 27.3. The first-order valence-electron chi connectivity index (χ1n) is 7.11.